The van der Waals surface area contributed by atoms with Crippen LogP contribution < -0.4 is 0 Å². The van der Waals surface area contributed by atoms with E-state index >= 15 is 0 Å². The average Bonchev–Trinajstić information content (AvgIpc) is 3.68. The molecule has 2 aromatic heterocycles. The first-order valence-corrected chi connectivity index (χ1v) is 24.6. The van der Waals surface area contributed by atoms with Crippen molar-refractivity contribution < 1.29 is 0 Å². The third kappa shape index (κ3) is 14.8. The SMILES string of the molecule is CCCCCCCCCCCCCCCCc1c2cc(Br)sc2cc2c(CCCCCCCCCCCCCCCC)c3cc(Br)sc3cc12. The van der Waals surface area contributed by atoms with Crippen LogP contribution in [-0.4, -0.2) is 0 Å². The Morgan fingerprint density at radius 3 is 0.880 bits per heavy atom. The Morgan fingerprint density at radius 1 is 0.340 bits per heavy atom. The minimum Gasteiger partial charge on any atom is -0.128 e. The Hall–Kier alpha value is -0.420. The van der Waals surface area contributed by atoms with Gasteiger partial charge in [0.25, 0.3) is 0 Å². The zero-order chi connectivity index (χ0) is 35.2. The molecule has 4 aromatic rings. The molecule has 0 nitrogen and oxygen atoms in total. The van der Waals surface area contributed by atoms with Crippen molar-refractivity contribution >= 4 is 85.5 Å². The number of thiophene rings is 2. The molecule has 0 spiro atoms. The van der Waals surface area contributed by atoms with E-state index in [9.17, 15) is 0 Å². The summed E-state index contributed by atoms with van der Waals surface area (Å²) in [5, 5.41) is 6.03. The molecular weight excluding hydrogens is 776 g/mol. The topological polar surface area (TPSA) is 0 Å². The molecule has 0 bridgehead atoms. The minimum absolute atomic E-state index is 1.20. The van der Waals surface area contributed by atoms with Crippen LogP contribution in [0.2, 0.25) is 0 Å². The summed E-state index contributed by atoms with van der Waals surface area (Å²) >= 11 is 11.6. The van der Waals surface area contributed by atoms with E-state index in [2.05, 4.69) is 70.0 Å². The number of benzene rings is 2. The van der Waals surface area contributed by atoms with Crippen molar-refractivity contribution in [1.82, 2.24) is 0 Å². The zero-order valence-corrected chi connectivity index (χ0v) is 36.9. The third-order valence-electron chi connectivity index (χ3n) is 11.2. The molecular formula is C46H70Br2S2. The van der Waals surface area contributed by atoms with E-state index < -0.39 is 0 Å². The summed E-state index contributed by atoms with van der Waals surface area (Å²) in [5.74, 6) is 0. The summed E-state index contributed by atoms with van der Waals surface area (Å²) in [7, 11) is 0. The fourth-order valence-corrected chi connectivity index (χ4v) is 11.4. The van der Waals surface area contributed by atoms with Crippen LogP contribution in [0.3, 0.4) is 0 Å². The second-order valence-electron chi connectivity index (χ2n) is 15.4. The van der Waals surface area contributed by atoms with Crippen LogP contribution in [0.5, 0.6) is 0 Å². The van der Waals surface area contributed by atoms with Crippen molar-refractivity contribution in [2.45, 2.75) is 206 Å². The molecule has 0 fully saturated rings. The number of aryl methyl sites for hydroxylation is 2. The Balaban J connectivity index is 1.25. The van der Waals surface area contributed by atoms with Crippen LogP contribution in [0.1, 0.15) is 205 Å². The lowest BCUT2D eigenvalue weighted by atomic mass is 9.90. The largest absolute Gasteiger partial charge is 0.128 e. The van der Waals surface area contributed by atoms with Gasteiger partial charge >= 0.3 is 0 Å². The molecule has 4 heteroatoms. The summed E-state index contributed by atoms with van der Waals surface area (Å²) in [6, 6.07) is 9.89. The van der Waals surface area contributed by atoms with E-state index in [1.54, 1.807) is 11.1 Å². The van der Waals surface area contributed by atoms with Crippen molar-refractivity contribution in [2.24, 2.45) is 0 Å². The zero-order valence-electron chi connectivity index (χ0n) is 32.1. The molecule has 0 aliphatic rings. The molecule has 280 valence electrons. The standard InChI is InChI=1S/C46H70Br2S2/c1-3-5-7-9-11-13-15-17-19-21-23-25-27-29-31-37-39-33-44-42(36-46(48)50-44)38(40(39)34-43-41(37)35-45(47)49-43)32-30-28-26-24-22-20-18-16-14-12-10-8-6-4-2/h33-36H,3-32H2,1-2H3. The number of rotatable bonds is 30. The van der Waals surface area contributed by atoms with Crippen LogP contribution in [-0.2, 0) is 12.8 Å². The number of unbranched alkanes of at least 4 members (excludes halogenated alkanes) is 26. The highest BCUT2D eigenvalue weighted by molar-refractivity contribution is 9.11. The van der Waals surface area contributed by atoms with E-state index in [1.165, 1.54) is 231 Å². The summed E-state index contributed by atoms with van der Waals surface area (Å²) in [4.78, 5) is 0. The molecule has 0 atom stereocenters. The lowest BCUT2D eigenvalue weighted by Crippen LogP contribution is -1.95. The lowest BCUT2D eigenvalue weighted by Gasteiger charge is -2.14. The molecule has 50 heavy (non-hydrogen) atoms. The average molecular weight is 847 g/mol. The van der Waals surface area contributed by atoms with Crippen molar-refractivity contribution in [2.75, 3.05) is 0 Å². The molecule has 0 aliphatic heterocycles. The minimum atomic E-state index is 1.20. The van der Waals surface area contributed by atoms with Gasteiger partial charge in [0, 0.05) is 9.40 Å². The third-order valence-corrected chi connectivity index (χ3v) is 14.3. The van der Waals surface area contributed by atoms with Gasteiger partial charge in [-0.1, -0.05) is 181 Å². The van der Waals surface area contributed by atoms with Gasteiger partial charge in [-0.2, -0.15) is 0 Å². The van der Waals surface area contributed by atoms with Crippen LogP contribution >= 0.6 is 54.5 Å². The van der Waals surface area contributed by atoms with Crippen LogP contribution in [0.15, 0.2) is 31.8 Å². The second-order valence-corrected chi connectivity index (χ2v) is 20.3. The van der Waals surface area contributed by atoms with Gasteiger partial charge in [0.15, 0.2) is 0 Å². The van der Waals surface area contributed by atoms with Crippen LogP contribution in [0.25, 0.3) is 30.9 Å². The molecule has 0 radical (unpaired) electrons. The first kappa shape index (κ1) is 42.3. The van der Waals surface area contributed by atoms with E-state index in [0.717, 1.165) is 0 Å². The number of fused-ring (bicyclic) bond motifs is 3. The van der Waals surface area contributed by atoms with Gasteiger partial charge in [0.2, 0.25) is 0 Å². The highest BCUT2D eigenvalue weighted by Crippen LogP contribution is 2.43. The number of hydrogen-bond acceptors (Lipinski definition) is 2. The fraction of sp³-hybridized carbons (Fsp3) is 0.696. The van der Waals surface area contributed by atoms with E-state index in [0.29, 0.717) is 0 Å². The van der Waals surface area contributed by atoms with Crippen molar-refractivity contribution in [3.63, 3.8) is 0 Å². The maximum absolute atomic E-state index is 3.86. The second kappa shape index (κ2) is 25.6. The molecule has 2 aromatic carbocycles. The Labute approximate surface area is 332 Å². The van der Waals surface area contributed by atoms with Gasteiger partial charge in [-0.25, -0.2) is 0 Å². The Kier molecular flexibility index (Phi) is 21.6. The van der Waals surface area contributed by atoms with Gasteiger partial charge < -0.3 is 0 Å². The quantitative estimate of drug-likeness (QED) is 0.0459. The Morgan fingerprint density at radius 2 is 0.600 bits per heavy atom. The molecule has 0 saturated heterocycles. The summed E-state index contributed by atoms with van der Waals surface area (Å²) < 4.78 is 5.45. The predicted octanol–water partition coefficient (Wildman–Crippen LogP) is 18.8. The van der Waals surface area contributed by atoms with Crippen molar-refractivity contribution in [3.8, 4) is 0 Å². The summed E-state index contributed by atoms with van der Waals surface area (Å²) in [6.07, 6.45) is 42.1. The molecule has 2 heterocycles. The summed E-state index contributed by atoms with van der Waals surface area (Å²) in [5.41, 5.74) is 3.21. The maximum atomic E-state index is 3.86. The number of hydrogen-bond donors (Lipinski definition) is 0. The van der Waals surface area contributed by atoms with Crippen molar-refractivity contribution in [1.29, 1.82) is 0 Å². The first-order valence-electron chi connectivity index (χ1n) is 21.4. The molecule has 0 unspecified atom stereocenters. The van der Waals surface area contributed by atoms with Gasteiger partial charge in [-0.3, -0.25) is 0 Å². The van der Waals surface area contributed by atoms with Crippen LogP contribution in [0, 0.1) is 0 Å². The monoisotopic (exact) mass is 844 g/mol. The fourth-order valence-electron chi connectivity index (χ4n) is 8.17. The van der Waals surface area contributed by atoms with Crippen LogP contribution in [0.4, 0.5) is 0 Å². The van der Waals surface area contributed by atoms with Gasteiger partial charge in [0.05, 0.1) is 7.57 Å². The van der Waals surface area contributed by atoms with Crippen molar-refractivity contribution in [3.05, 3.63) is 43.0 Å². The Bertz CT molecular complexity index is 1370. The van der Waals surface area contributed by atoms with Gasteiger partial charge in [-0.15, -0.1) is 22.7 Å². The van der Waals surface area contributed by atoms with Gasteiger partial charge in [0.1, 0.15) is 0 Å². The highest BCUT2D eigenvalue weighted by Gasteiger charge is 2.17. The predicted molar refractivity (Wildman–Crippen MR) is 238 cm³/mol. The van der Waals surface area contributed by atoms with E-state index in [1.807, 2.05) is 22.7 Å². The number of halogens is 2. The molecule has 0 saturated carbocycles. The highest BCUT2D eigenvalue weighted by atomic mass is 79.9. The molecule has 0 amide bonds. The normalized spacial score (nSPS) is 12.0. The van der Waals surface area contributed by atoms with Gasteiger partial charge in [-0.05, 0) is 114 Å². The van der Waals surface area contributed by atoms with E-state index in [-0.39, 0.29) is 0 Å². The molecule has 4 rings (SSSR count). The molecule has 0 N–H and O–H groups in total. The first-order chi connectivity index (χ1) is 24.6. The summed E-state index contributed by atoms with van der Waals surface area (Å²) in [6.45, 7) is 4.62. The van der Waals surface area contributed by atoms with E-state index in [4.69, 9.17) is 0 Å². The lowest BCUT2D eigenvalue weighted by molar-refractivity contribution is 0.535. The maximum Gasteiger partial charge on any atom is 0.0711 e. The molecule has 0 aliphatic carbocycles. The smallest absolute Gasteiger partial charge is 0.0711 e.